The molecule has 2 aromatic rings. The zero-order valence-corrected chi connectivity index (χ0v) is 11.4. The van der Waals surface area contributed by atoms with Gasteiger partial charge in [0.15, 0.2) is 0 Å². The van der Waals surface area contributed by atoms with E-state index in [1.807, 2.05) is 13.8 Å². The van der Waals surface area contributed by atoms with Crippen LogP contribution in [0.15, 0.2) is 16.9 Å². The van der Waals surface area contributed by atoms with Crippen molar-refractivity contribution in [2.45, 2.75) is 39.7 Å². The predicted octanol–water partition coefficient (Wildman–Crippen LogP) is 2.97. The van der Waals surface area contributed by atoms with E-state index in [-0.39, 0.29) is 17.4 Å². The van der Waals surface area contributed by atoms with Crippen molar-refractivity contribution in [1.29, 1.82) is 0 Å². The van der Waals surface area contributed by atoms with Gasteiger partial charge < -0.3 is 10.3 Å². The summed E-state index contributed by atoms with van der Waals surface area (Å²) in [6.07, 6.45) is 1.80. The average molecular weight is 263 g/mol. The van der Waals surface area contributed by atoms with Crippen LogP contribution in [0.1, 0.15) is 32.5 Å². The summed E-state index contributed by atoms with van der Waals surface area (Å²) < 4.78 is 14.0. The minimum atomic E-state index is -0.378. The lowest BCUT2D eigenvalue weighted by molar-refractivity contribution is 0.617. The van der Waals surface area contributed by atoms with Crippen molar-refractivity contribution in [3.8, 4) is 0 Å². The Morgan fingerprint density at radius 1 is 1.37 bits per heavy atom. The number of H-pyrrole nitrogens is 1. The van der Waals surface area contributed by atoms with E-state index >= 15 is 0 Å². The van der Waals surface area contributed by atoms with Gasteiger partial charge >= 0.3 is 0 Å². The fourth-order valence-corrected chi connectivity index (χ4v) is 2.10. The molecular weight excluding hydrogens is 245 g/mol. The number of nitrogens with one attached hydrogen (secondary N) is 2. The molecule has 0 aliphatic rings. The Hall–Kier alpha value is -1.91. The van der Waals surface area contributed by atoms with Crippen LogP contribution in [-0.4, -0.2) is 16.0 Å². The Kier molecular flexibility index (Phi) is 3.83. The second-order valence-electron chi connectivity index (χ2n) is 4.66. The molecule has 0 saturated carbocycles. The first kappa shape index (κ1) is 13.5. The number of aromatic amines is 1. The van der Waals surface area contributed by atoms with E-state index in [0.29, 0.717) is 22.4 Å². The molecule has 0 aliphatic heterocycles. The molecule has 0 bridgehead atoms. The second kappa shape index (κ2) is 5.38. The zero-order valence-electron chi connectivity index (χ0n) is 11.4. The van der Waals surface area contributed by atoms with Crippen LogP contribution in [-0.2, 0) is 0 Å². The Bertz CT molecular complexity index is 647. The van der Waals surface area contributed by atoms with Crippen LogP contribution in [0, 0.1) is 12.7 Å². The summed E-state index contributed by atoms with van der Waals surface area (Å²) in [5.74, 6) is 0.106. The van der Waals surface area contributed by atoms with E-state index in [1.54, 1.807) is 6.92 Å². The molecule has 0 fully saturated rings. The molecule has 2 N–H and O–H groups in total. The summed E-state index contributed by atoms with van der Waals surface area (Å²) in [5.41, 5.74) is 0.501. The minimum Gasteiger partial charge on any atom is -0.380 e. The highest BCUT2D eigenvalue weighted by molar-refractivity contribution is 5.81. The van der Waals surface area contributed by atoms with Crippen molar-refractivity contribution < 1.29 is 4.39 Å². The second-order valence-corrected chi connectivity index (χ2v) is 4.66. The molecule has 102 valence electrons. The first-order valence-electron chi connectivity index (χ1n) is 6.51. The lowest BCUT2D eigenvalue weighted by atomic mass is 10.1. The van der Waals surface area contributed by atoms with Crippen molar-refractivity contribution in [1.82, 2.24) is 9.97 Å². The number of aryl methyl sites for hydroxylation is 1. The molecule has 1 aromatic heterocycles. The van der Waals surface area contributed by atoms with Crippen LogP contribution in [0.3, 0.4) is 0 Å². The summed E-state index contributed by atoms with van der Waals surface area (Å²) in [6, 6.07) is 3.04. The van der Waals surface area contributed by atoms with Crippen LogP contribution in [0.2, 0.25) is 0 Å². The number of nitrogens with zero attached hydrogens (tertiary/aromatic N) is 1. The van der Waals surface area contributed by atoms with Crippen LogP contribution >= 0.6 is 0 Å². The number of rotatable bonds is 4. The maximum atomic E-state index is 14.0. The Balaban J connectivity index is 2.52. The first-order chi connectivity index (χ1) is 9.05. The molecule has 0 atom stereocenters. The van der Waals surface area contributed by atoms with Gasteiger partial charge in [0.2, 0.25) is 0 Å². The molecule has 0 aliphatic carbocycles. The molecule has 0 unspecified atom stereocenters. The number of fused-ring (bicyclic) bond motifs is 1. The summed E-state index contributed by atoms with van der Waals surface area (Å²) in [5, 5.41) is 3.53. The zero-order chi connectivity index (χ0) is 14.0. The van der Waals surface area contributed by atoms with Gasteiger partial charge in [-0.05, 0) is 25.8 Å². The maximum absolute atomic E-state index is 14.0. The van der Waals surface area contributed by atoms with E-state index in [0.717, 1.165) is 12.8 Å². The predicted molar refractivity (Wildman–Crippen MR) is 75.1 cm³/mol. The molecule has 4 nitrogen and oxygen atoms in total. The smallest absolute Gasteiger partial charge is 0.258 e. The van der Waals surface area contributed by atoms with Gasteiger partial charge in [-0.25, -0.2) is 9.37 Å². The highest BCUT2D eigenvalue weighted by Crippen LogP contribution is 2.21. The van der Waals surface area contributed by atoms with Gasteiger partial charge in [0.05, 0.1) is 16.6 Å². The van der Waals surface area contributed by atoms with Crippen molar-refractivity contribution in [3.63, 3.8) is 0 Å². The first-order valence-corrected chi connectivity index (χ1v) is 6.51. The SMILES string of the molecule is CCC(CC)Nc1cc2c(=O)[nH]c(C)nc2cc1F. The number of hydrogen-bond donors (Lipinski definition) is 2. The van der Waals surface area contributed by atoms with Crippen molar-refractivity contribution >= 4 is 16.6 Å². The van der Waals surface area contributed by atoms with Crippen LogP contribution in [0.4, 0.5) is 10.1 Å². The molecule has 5 heteroatoms. The molecule has 0 amide bonds. The van der Waals surface area contributed by atoms with Gasteiger partial charge in [0, 0.05) is 12.1 Å². The number of benzene rings is 1. The monoisotopic (exact) mass is 263 g/mol. The summed E-state index contributed by atoms with van der Waals surface area (Å²) >= 11 is 0. The van der Waals surface area contributed by atoms with Gasteiger partial charge in [-0.3, -0.25) is 4.79 Å². The lowest BCUT2D eigenvalue weighted by Gasteiger charge is -2.17. The van der Waals surface area contributed by atoms with E-state index in [1.165, 1.54) is 12.1 Å². The fourth-order valence-electron chi connectivity index (χ4n) is 2.10. The van der Waals surface area contributed by atoms with Gasteiger partial charge in [-0.15, -0.1) is 0 Å². The van der Waals surface area contributed by atoms with Crippen molar-refractivity contribution in [3.05, 3.63) is 34.1 Å². The number of halogens is 1. The molecule has 0 spiro atoms. The minimum absolute atomic E-state index is 0.199. The van der Waals surface area contributed by atoms with Gasteiger partial charge in [-0.1, -0.05) is 13.8 Å². The molecule has 1 aromatic carbocycles. The van der Waals surface area contributed by atoms with E-state index in [4.69, 9.17) is 0 Å². The van der Waals surface area contributed by atoms with Crippen LogP contribution in [0.5, 0.6) is 0 Å². The van der Waals surface area contributed by atoms with Gasteiger partial charge in [0.25, 0.3) is 5.56 Å². The van der Waals surface area contributed by atoms with E-state index in [9.17, 15) is 9.18 Å². The normalized spacial score (nSPS) is 11.2. The Labute approximate surface area is 111 Å². The summed E-state index contributed by atoms with van der Waals surface area (Å²) in [7, 11) is 0. The van der Waals surface area contributed by atoms with E-state index < -0.39 is 0 Å². The molecule has 1 heterocycles. The third kappa shape index (κ3) is 2.75. The molecule has 0 saturated heterocycles. The number of anilines is 1. The van der Waals surface area contributed by atoms with E-state index in [2.05, 4.69) is 15.3 Å². The van der Waals surface area contributed by atoms with Crippen molar-refractivity contribution in [2.75, 3.05) is 5.32 Å². The molecular formula is C14H18FN3O. The van der Waals surface area contributed by atoms with Gasteiger partial charge in [-0.2, -0.15) is 0 Å². The third-order valence-corrected chi connectivity index (χ3v) is 3.26. The quantitative estimate of drug-likeness (QED) is 0.891. The highest BCUT2D eigenvalue weighted by atomic mass is 19.1. The molecule has 19 heavy (non-hydrogen) atoms. The van der Waals surface area contributed by atoms with Gasteiger partial charge in [0.1, 0.15) is 11.6 Å². The summed E-state index contributed by atoms with van der Waals surface area (Å²) in [4.78, 5) is 18.6. The molecule has 2 rings (SSSR count). The van der Waals surface area contributed by atoms with Crippen molar-refractivity contribution in [2.24, 2.45) is 0 Å². The topological polar surface area (TPSA) is 57.8 Å². The fraction of sp³-hybridized carbons (Fsp3) is 0.429. The maximum Gasteiger partial charge on any atom is 0.258 e. The summed E-state index contributed by atoms with van der Waals surface area (Å²) in [6.45, 7) is 5.75. The Morgan fingerprint density at radius 3 is 2.68 bits per heavy atom. The standard InChI is InChI=1S/C14H18FN3O/c1-4-9(5-2)18-13-6-10-12(7-11(13)15)16-8(3)17-14(10)19/h6-7,9,18H,4-5H2,1-3H3,(H,16,17,19). The average Bonchev–Trinajstić information content (AvgIpc) is 2.36. The Morgan fingerprint density at radius 2 is 2.05 bits per heavy atom. The lowest BCUT2D eigenvalue weighted by Crippen LogP contribution is -2.18. The molecule has 0 radical (unpaired) electrons. The largest absolute Gasteiger partial charge is 0.380 e. The van der Waals surface area contributed by atoms with Crippen LogP contribution < -0.4 is 10.9 Å². The highest BCUT2D eigenvalue weighted by Gasteiger charge is 2.11. The third-order valence-electron chi connectivity index (χ3n) is 3.26. The number of aromatic nitrogens is 2. The number of hydrogen-bond acceptors (Lipinski definition) is 3. The van der Waals surface area contributed by atoms with Crippen LogP contribution in [0.25, 0.3) is 10.9 Å².